The average molecular weight is 685 g/mol. The Kier molecular flexibility index (Phi) is 37.4. The van der Waals surface area contributed by atoms with Gasteiger partial charge in [-0.25, -0.2) is 4.79 Å². The number of ketones is 1. The topological polar surface area (TPSA) is 69.4 Å². The van der Waals surface area contributed by atoms with Crippen molar-refractivity contribution < 1.29 is 14.3 Å². The molecule has 8 heteroatoms. The number of halogens is 1. The van der Waals surface area contributed by atoms with E-state index in [1.54, 1.807) is 11.8 Å². The highest BCUT2D eigenvalue weighted by Crippen LogP contribution is 2.20. The number of rotatable bonds is 33. The van der Waals surface area contributed by atoms with Crippen molar-refractivity contribution in [2.24, 2.45) is 5.73 Å². The zero-order valence-corrected chi connectivity index (χ0v) is 31.6. The number of thiol groups is 1. The molecule has 3 atom stereocenters. The van der Waals surface area contributed by atoms with E-state index < -0.39 is 5.37 Å². The maximum Gasteiger partial charge on any atom is 0.333 e. The molecule has 0 aromatic heterocycles. The Balaban J connectivity index is 0. The second-order valence-electron chi connectivity index (χ2n) is 12.1. The first-order chi connectivity index (χ1) is 20.5. The minimum absolute atomic E-state index is 0. The van der Waals surface area contributed by atoms with Crippen molar-refractivity contribution in [3.05, 3.63) is 0 Å². The van der Waals surface area contributed by atoms with Crippen LogP contribution in [0.1, 0.15) is 175 Å². The summed E-state index contributed by atoms with van der Waals surface area (Å²) in [6.07, 6.45) is 30.2. The fourth-order valence-corrected chi connectivity index (χ4v) is 7.15. The minimum Gasteiger partial charge on any atom is -0.460 e. The van der Waals surface area contributed by atoms with E-state index in [1.165, 1.54) is 140 Å². The van der Waals surface area contributed by atoms with E-state index >= 15 is 0 Å². The van der Waals surface area contributed by atoms with Gasteiger partial charge in [0, 0.05) is 5.75 Å². The number of esters is 1. The van der Waals surface area contributed by atoms with Crippen molar-refractivity contribution in [2.45, 2.75) is 192 Å². The van der Waals surface area contributed by atoms with Gasteiger partial charge in [0.15, 0.2) is 11.2 Å². The Morgan fingerprint density at radius 1 is 0.674 bits per heavy atom. The zero-order valence-electron chi connectivity index (χ0n) is 28.3. The lowest BCUT2D eigenvalue weighted by Gasteiger charge is -2.20. The fraction of sp³-hybridized carbons (Fsp3) is 0.943. The second-order valence-corrected chi connectivity index (χ2v) is 15.0. The van der Waals surface area contributed by atoms with Crippen molar-refractivity contribution in [1.82, 2.24) is 0 Å². The molecule has 0 heterocycles. The first-order valence-electron chi connectivity index (χ1n) is 17.8. The highest BCUT2D eigenvalue weighted by Gasteiger charge is 2.21. The predicted octanol–water partition coefficient (Wildman–Crippen LogP) is 11.4. The summed E-state index contributed by atoms with van der Waals surface area (Å²) >= 11 is 7.45. The van der Waals surface area contributed by atoms with Crippen LogP contribution in [-0.2, 0) is 14.3 Å². The summed E-state index contributed by atoms with van der Waals surface area (Å²) in [4.78, 5) is 25.0. The molecule has 0 aromatic rings. The molecule has 3 unspecified atom stereocenters. The van der Waals surface area contributed by atoms with Crippen LogP contribution in [0.2, 0.25) is 0 Å². The zero-order chi connectivity index (χ0) is 31.1. The maximum atomic E-state index is 12.8. The van der Waals surface area contributed by atoms with Gasteiger partial charge in [-0.3, -0.25) is 4.79 Å². The summed E-state index contributed by atoms with van der Waals surface area (Å²) in [6.45, 7) is 6.51. The third-order valence-electron chi connectivity index (χ3n) is 8.00. The van der Waals surface area contributed by atoms with Crippen LogP contribution < -0.4 is 5.73 Å². The SMILES string of the molecule is CCCCCCCCCCCCCCSC(N)C(=O)OC(CCCCCCCCCCCC)CSCC(=O)C(S)CC.Cl. The third-order valence-corrected chi connectivity index (χ3v) is 10.8. The molecule has 0 aromatic carbocycles. The van der Waals surface area contributed by atoms with Crippen LogP contribution in [0.15, 0.2) is 0 Å². The maximum absolute atomic E-state index is 12.8. The molecule has 43 heavy (non-hydrogen) atoms. The first-order valence-corrected chi connectivity index (χ1v) is 20.5. The smallest absolute Gasteiger partial charge is 0.333 e. The fourth-order valence-electron chi connectivity index (χ4n) is 5.10. The summed E-state index contributed by atoms with van der Waals surface area (Å²) in [5, 5.41) is -0.827. The molecule has 0 radical (unpaired) electrons. The lowest BCUT2D eigenvalue weighted by atomic mass is 10.0. The molecule has 0 rings (SSSR count). The van der Waals surface area contributed by atoms with Gasteiger partial charge < -0.3 is 10.5 Å². The monoisotopic (exact) mass is 683 g/mol. The molecular weight excluding hydrogens is 614 g/mol. The highest BCUT2D eigenvalue weighted by molar-refractivity contribution is 8.00. The number of Topliss-reactive ketones (excluding diaryl/α,β-unsaturated/α-hetero) is 1. The largest absolute Gasteiger partial charge is 0.460 e. The molecule has 0 aliphatic heterocycles. The summed E-state index contributed by atoms with van der Waals surface area (Å²) in [6, 6.07) is 0. The van der Waals surface area contributed by atoms with Crippen LogP contribution >= 0.6 is 48.6 Å². The lowest BCUT2D eigenvalue weighted by molar-refractivity contribution is -0.147. The van der Waals surface area contributed by atoms with Gasteiger partial charge >= 0.3 is 5.97 Å². The Morgan fingerprint density at radius 3 is 1.53 bits per heavy atom. The van der Waals surface area contributed by atoms with Gasteiger partial charge in [0.25, 0.3) is 0 Å². The van der Waals surface area contributed by atoms with Gasteiger partial charge in [0.2, 0.25) is 0 Å². The number of hydrogen-bond acceptors (Lipinski definition) is 7. The van der Waals surface area contributed by atoms with Gasteiger partial charge in [-0.15, -0.1) is 24.2 Å². The molecular formula is C35H70ClNO3S3. The number of ether oxygens (including phenoxy) is 1. The number of nitrogens with two attached hydrogens (primary N) is 1. The molecule has 2 N–H and O–H groups in total. The second kappa shape index (κ2) is 35.3. The molecule has 0 fully saturated rings. The van der Waals surface area contributed by atoms with E-state index in [0.717, 1.165) is 31.4 Å². The summed E-state index contributed by atoms with van der Waals surface area (Å²) in [7, 11) is 0. The van der Waals surface area contributed by atoms with Crippen LogP contribution in [0.25, 0.3) is 0 Å². The molecule has 0 aliphatic rings. The van der Waals surface area contributed by atoms with Crippen LogP contribution in [0.4, 0.5) is 0 Å². The number of hydrogen-bond donors (Lipinski definition) is 2. The number of carbonyl (C=O) groups excluding carboxylic acids is 2. The number of thioether (sulfide) groups is 2. The number of unbranched alkanes of at least 4 members (excludes halogenated alkanes) is 20. The Labute approximate surface area is 287 Å². The third kappa shape index (κ3) is 30.8. The molecule has 0 aliphatic carbocycles. The molecule has 0 saturated carbocycles. The molecule has 0 saturated heterocycles. The quantitative estimate of drug-likeness (QED) is 0.0310. The van der Waals surface area contributed by atoms with Crippen LogP contribution in [-0.4, -0.2) is 45.7 Å². The summed E-state index contributed by atoms with van der Waals surface area (Å²) in [5.41, 5.74) is 6.21. The average Bonchev–Trinajstić information content (AvgIpc) is 2.99. The Morgan fingerprint density at radius 2 is 1.09 bits per heavy atom. The Bertz CT molecular complexity index is 615. The Hall–Kier alpha value is 0.440. The van der Waals surface area contributed by atoms with E-state index in [1.807, 2.05) is 6.92 Å². The van der Waals surface area contributed by atoms with Gasteiger partial charge in [-0.05, 0) is 31.4 Å². The van der Waals surface area contributed by atoms with Crippen molar-refractivity contribution >= 4 is 60.3 Å². The first kappa shape index (κ1) is 45.6. The van der Waals surface area contributed by atoms with Gasteiger partial charge in [0.1, 0.15) is 6.10 Å². The number of carbonyl (C=O) groups is 2. The van der Waals surface area contributed by atoms with Crippen molar-refractivity contribution in [3.63, 3.8) is 0 Å². The predicted molar refractivity (Wildman–Crippen MR) is 200 cm³/mol. The lowest BCUT2D eigenvalue weighted by Crippen LogP contribution is -2.33. The summed E-state index contributed by atoms with van der Waals surface area (Å²) < 4.78 is 5.89. The van der Waals surface area contributed by atoms with Crippen LogP contribution in [0.5, 0.6) is 0 Å². The van der Waals surface area contributed by atoms with E-state index in [-0.39, 0.29) is 35.5 Å². The molecule has 0 amide bonds. The van der Waals surface area contributed by atoms with Crippen LogP contribution in [0.3, 0.4) is 0 Å². The standard InChI is InChI=1S/C35H69NO3S3.ClH/c1-4-7-9-11-13-15-17-18-20-22-24-26-28-42-34(36)35(38)39-31(29-41-30-32(37)33(40)6-3)27-25-23-21-19-16-14-12-10-8-5-2;/h31,33-34,40H,4-30,36H2,1-3H3;1H. The molecule has 0 spiro atoms. The highest BCUT2D eigenvalue weighted by atomic mass is 35.5. The minimum atomic E-state index is -0.624. The van der Waals surface area contributed by atoms with E-state index in [4.69, 9.17) is 10.5 Å². The molecule has 0 bridgehead atoms. The van der Waals surface area contributed by atoms with Crippen LogP contribution in [0, 0.1) is 0 Å². The van der Waals surface area contributed by atoms with Crippen molar-refractivity contribution in [1.29, 1.82) is 0 Å². The van der Waals surface area contributed by atoms with E-state index in [2.05, 4.69) is 26.5 Å². The van der Waals surface area contributed by atoms with E-state index in [0.29, 0.717) is 11.5 Å². The normalized spacial score (nSPS) is 13.3. The van der Waals surface area contributed by atoms with Gasteiger partial charge in [-0.1, -0.05) is 149 Å². The molecule has 4 nitrogen and oxygen atoms in total. The van der Waals surface area contributed by atoms with Crippen molar-refractivity contribution in [3.8, 4) is 0 Å². The van der Waals surface area contributed by atoms with Crippen molar-refractivity contribution in [2.75, 3.05) is 17.3 Å². The van der Waals surface area contributed by atoms with Gasteiger partial charge in [-0.2, -0.15) is 24.4 Å². The van der Waals surface area contributed by atoms with Gasteiger partial charge in [0.05, 0.1) is 11.0 Å². The summed E-state index contributed by atoms with van der Waals surface area (Å²) in [5.74, 6) is 1.83. The van der Waals surface area contributed by atoms with E-state index in [9.17, 15) is 9.59 Å². The molecule has 258 valence electrons.